The lowest BCUT2D eigenvalue weighted by atomic mass is 9.98. The van der Waals surface area contributed by atoms with Crippen molar-refractivity contribution in [1.82, 2.24) is 10.3 Å². The summed E-state index contributed by atoms with van der Waals surface area (Å²) >= 11 is 1.42. The van der Waals surface area contributed by atoms with Crippen molar-refractivity contribution in [1.29, 1.82) is 0 Å². The number of carbonyl (C=O) groups is 1. The molecule has 0 bridgehead atoms. The number of amides is 1. The number of thiazole rings is 1. The first-order chi connectivity index (χ1) is 8.87. The number of nitrogens with one attached hydrogen (secondary N) is 1. The molecule has 0 fully saturated rings. The Hall–Kier alpha value is -1.61. The second-order valence-electron chi connectivity index (χ2n) is 5.56. The van der Waals surface area contributed by atoms with Gasteiger partial charge in [-0.2, -0.15) is 0 Å². The van der Waals surface area contributed by atoms with Crippen LogP contribution in [0.1, 0.15) is 37.8 Å². The van der Waals surface area contributed by atoms with Crippen LogP contribution in [0.5, 0.6) is 0 Å². The maximum Gasteiger partial charge on any atom is 0.407 e. The van der Waals surface area contributed by atoms with Gasteiger partial charge in [-0.05, 0) is 27.2 Å². The molecule has 0 radical (unpaired) electrons. The van der Waals surface area contributed by atoms with E-state index in [1.54, 1.807) is 0 Å². The molecule has 19 heavy (non-hydrogen) atoms. The molecule has 1 aromatic rings. The molecule has 0 aliphatic heterocycles. The van der Waals surface area contributed by atoms with E-state index in [1.165, 1.54) is 11.3 Å². The Bertz CT molecular complexity index is 525. The summed E-state index contributed by atoms with van der Waals surface area (Å²) in [6.07, 6.45) is 2.01. The molecule has 0 saturated heterocycles. The first kappa shape index (κ1) is 13.8. The Kier molecular flexibility index (Phi) is 3.76. The van der Waals surface area contributed by atoms with Crippen LogP contribution in [-0.2, 0) is 17.6 Å². The third kappa shape index (κ3) is 3.67. The van der Waals surface area contributed by atoms with E-state index < -0.39 is 5.60 Å². The number of fused-ring (bicyclic) bond motifs is 1. The Balaban J connectivity index is 1.95. The Morgan fingerprint density at radius 2 is 2.32 bits per heavy atom. The molecule has 0 unspecified atom stereocenters. The van der Waals surface area contributed by atoms with E-state index in [9.17, 15) is 4.79 Å². The molecule has 1 aliphatic rings. The van der Waals surface area contributed by atoms with E-state index in [-0.39, 0.29) is 12.1 Å². The van der Waals surface area contributed by atoms with Crippen LogP contribution in [0.4, 0.5) is 9.93 Å². The number of hydrogen-bond acceptors (Lipinski definition) is 4. The van der Waals surface area contributed by atoms with Crippen molar-refractivity contribution in [3.8, 4) is 0 Å². The summed E-state index contributed by atoms with van der Waals surface area (Å²) < 4.78 is 5.24. The van der Waals surface area contributed by atoms with Crippen molar-refractivity contribution in [2.45, 2.75) is 51.7 Å². The van der Waals surface area contributed by atoms with Gasteiger partial charge in [0.25, 0.3) is 0 Å². The zero-order chi connectivity index (χ0) is 14.0. The van der Waals surface area contributed by atoms with Crippen molar-refractivity contribution < 1.29 is 9.53 Å². The van der Waals surface area contributed by atoms with E-state index in [1.807, 2.05) is 20.8 Å². The molecule has 1 aromatic heterocycles. The molecule has 1 atom stereocenters. The van der Waals surface area contributed by atoms with Crippen molar-refractivity contribution in [2.24, 2.45) is 0 Å². The largest absolute Gasteiger partial charge is 0.444 e. The number of aryl methyl sites for hydroxylation is 1. The van der Waals surface area contributed by atoms with Crippen LogP contribution < -0.4 is 5.32 Å². The summed E-state index contributed by atoms with van der Waals surface area (Å²) in [6.45, 7) is 12.5. The van der Waals surface area contributed by atoms with Gasteiger partial charge in [0, 0.05) is 23.8 Å². The molecular formula is C13H17N3O2S. The van der Waals surface area contributed by atoms with Gasteiger partial charge in [0.05, 0.1) is 0 Å². The maximum absolute atomic E-state index is 11.7. The normalized spacial score (nSPS) is 18.3. The van der Waals surface area contributed by atoms with E-state index in [2.05, 4.69) is 15.1 Å². The fraction of sp³-hybridized carbons (Fsp3) is 0.615. The molecule has 0 spiro atoms. The summed E-state index contributed by atoms with van der Waals surface area (Å²) in [7, 11) is 0. The van der Waals surface area contributed by atoms with E-state index in [0.717, 1.165) is 29.8 Å². The Morgan fingerprint density at radius 1 is 1.58 bits per heavy atom. The molecule has 2 rings (SSSR count). The first-order valence-electron chi connectivity index (χ1n) is 6.23. The predicted molar refractivity (Wildman–Crippen MR) is 73.6 cm³/mol. The van der Waals surface area contributed by atoms with Gasteiger partial charge in [0.1, 0.15) is 11.3 Å². The fourth-order valence-corrected chi connectivity index (χ4v) is 2.98. The highest BCUT2D eigenvalue weighted by atomic mass is 32.1. The van der Waals surface area contributed by atoms with Crippen LogP contribution in [0.25, 0.3) is 4.85 Å². The molecule has 6 heteroatoms. The molecule has 1 N–H and O–H groups in total. The zero-order valence-electron chi connectivity index (χ0n) is 11.3. The predicted octanol–water partition coefficient (Wildman–Crippen LogP) is 3.08. The molecule has 102 valence electrons. The summed E-state index contributed by atoms with van der Waals surface area (Å²) in [4.78, 5) is 20.4. The number of hydrogen-bond donors (Lipinski definition) is 1. The summed E-state index contributed by atoms with van der Waals surface area (Å²) in [5.41, 5.74) is 0.532. The topological polar surface area (TPSA) is 55.6 Å². The van der Waals surface area contributed by atoms with Gasteiger partial charge in [0.2, 0.25) is 0 Å². The van der Waals surface area contributed by atoms with Gasteiger partial charge < -0.3 is 14.9 Å². The van der Waals surface area contributed by atoms with Gasteiger partial charge >= 0.3 is 11.2 Å². The lowest BCUT2D eigenvalue weighted by Gasteiger charge is -2.25. The maximum atomic E-state index is 11.7. The highest BCUT2D eigenvalue weighted by Gasteiger charge is 2.27. The average molecular weight is 279 g/mol. The van der Waals surface area contributed by atoms with Crippen LogP contribution in [0, 0.1) is 6.57 Å². The van der Waals surface area contributed by atoms with Crippen molar-refractivity contribution in [2.75, 3.05) is 0 Å². The number of rotatable bonds is 1. The van der Waals surface area contributed by atoms with E-state index >= 15 is 0 Å². The third-order valence-electron chi connectivity index (χ3n) is 2.74. The summed E-state index contributed by atoms with van der Waals surface area (Å²) in [6, 6.07) is 0.0707. The monoisotopic (exact) mass is 279 g/mol. The first-order valence-corrected chi connectivity index (χ1v) is 7.04. The standard InChI is InChI=1S/C13H17N3O2S/c1-13(2,3)18-12(17)15-8-5-6-9-10(7-8)19-11(14-4)16-9/h8H,5-7H2,1-3H3,(H,15,17)/t8-/m0/s1. The van der Waals surface area contributed by atoms with Gasteiger partial charge in [-0.15, -0.1) is 16.3 Å². The van der Waals surface area contributed by atoms with Gasteiger partial charge in [0.15, 0.2) is 0 Å². The smallest absolute Gasteiger partial charge is 0.407 e. The van der Waals surface area contributed by atoms with Crippen LogP contribution >= 0.6 is 11.3 Å². The fourth-order valence-electron chi connectivity index (χ4n) is 2.01. The van der Waals surface area contributed by atoms with Crippen LogP contribution in [0.15, 0.2) is 0 Å². The number of alkyl carbamates (subject to hydrolysis) is 1. The molecule has 5 nitrogen and oxygen atoms in total. The third-order valence-corrected chi connectivity index (χ3v) is 3.76. The van der Waals surface area contributed by atoms with Crippen molar-refractivity contribution in [3.63, 3.8) is 0 Å². The van der Waals surface area contributed by atoms with E-state index in [4.69, 9.17) is 11.3 Å². The van der Waals surface area contributed by atoms with Gasteiger partial charge in [-0.25, -0.2) is 4.79 Å². The summed E-state index contributed by atoms with van der Waals surface area (Å²) in [5.74, 6) is 0. The van der Waals surface area contributed by atoms with Crippen LogP contribution in [0.2, 0.25) is 0 Å². The number of nitrogens with zero attached hydrogens (tertiary/aromatic N) is 2. The molecule has 1 amide bonds. The Morgan fingerprint density at radius 3 is 2.95 bits per heavy atom. The van der Waals surface area contributed by atoms with E-state index in [0.29, 0.717) is 5.13 Å². The SMILES string of the molecule is [C-]#[N+]c1nc2c(s1)C[C@@H](NC(=O)OC(C)(C)C)CC2. The zero-order valence-corrected chi connectivity index (χ0v) is 12.1. The molecule has 1 heterocycles. The minimum Gasteiger partial charge on any atom is -0.444 e. The minimum atomic E-state index is -0.480. The molecular weight excluding hydrogens is 262 g/mol. The highest BCUT2D eigenvalue weighted by molar-refractivity contribution is 7.15. The second kappa shape index (κ2) is 5.17. The molecule has 0 saturated carbocycles. The van der Waals surface area contributed by atoms with Crippen molar-refractivity contribution in [3.05, 3.63) is 22.0 Å². The van der Waals surface area contributed by atoms with Crippen molar-refractivity contribution >= 4 is 22.6 Å². The lowest BCUT2D eigenvalue weighted by Crippen LogP contribution is -2.41. The Labute approximate surface area is 116 Å². The highest BCUT2D eigenvalue weighted by Crippen LogP contribution is 2.31. The quantitative estimate of drug-likeness (QED) is 0.804. The molecule has 0 aromatic carbocycles. The lowest BCUT2D eigenvalue weighted by molar-refractivity contribution is 0.0500. The van der Waals surface area contributed by atoms with Crippen LogP contribution in [-0.4, -0.2) is 22.7 Å². The van der Waals surface area contributed by atoms with Gasteiger partial charge in [-0.1, -0.05) is 6.57 Å². The average Bonchev–Trinajstić information content (AvgIpc) is 2.68. The minimum absolute atomic E-state index is 0.0707. The molecule has 1 aliphatic carbocycles. The van der Waals surface area contributed by atoms with Crippen LogP contribution in [0.3, 0.4) is 0 Å². The number of carbonyl (C=O) groups excluding carboxylic acids is 1. The second-order valence-corrected chi connectivity index (χ2v) is 6.63. The number of aromatic nitrogens is 1. The number of ether oxygens (including phenoxy) is 1. The van der Waals surface area contributed by atoms with Gasteiger partial charge in [-0.3, -0.25) is 0 Å². The summed E-state index contributed by atoms with van der Waals surface area (Å²) in [5, 5.41) is 3.37.